The molecule has 2 aliphatic heterocycles. The highest BCUT2D eigenvalue weighted by Crippen LogP contribution is 2.39. The third kappa shape index (κ3) is 2.35. The Balaban J connectivity index is 1.77. The van der Waals surface area contributed by atoms with Crippen molar-refractivity contribution in [3.8, 4) is 0 Å². The summed E-state index contributed by atoms with van der Waals surface area (Å²) in [6, 6.07) is 6.62. The molecule has 2 atom stereocenters. The maximum absolute atomic E-state index is 13.1. The molecular weight excluding hydrogens is 293 g/mol. The van der Waals surface area contributed by atoms with E-state index in [-0.39, 0.29) is 5.82 Å². The first kappa shape index (κ1) is 12.6. The molecule has 18 heavy (non-hydrogen) atoms. The second-order valence-electron chi connectivity index (χ2n) is 5.70. The van der Waals surface area contributed by atoms with Gasteiger partial charge in [-0.3, -0.25) is 4.90 Å². The van der Waals surface area contributed by atoms with E-state index in [1.54, 1.807) is 12.1 Å². The molecule has 0 spiro atoms. The van der Waals surface area contributed by atoms with Crippen molar-refractivity contribution in [3.05, 3.63) is 35.1 Å². The van der Waals surface area contributed by atoms with Gasteiger partial charge in [-0.15, -0.1) is 0 Å². The second-order valence-corrected chi connectivity index (χ2v) is 6.99. The summed E-state index contributed by atoms with van der Waals surface area (Å²) in [5, 5.41) is 0. The summed E-state index contributed by atoms with van der Waals surface area (Å²) in [5.74, 6) is -0.126. The minimum absolute atomic E-state index is 0.126. The molecule has 98 valence electrons. The molecule has 3 heteroatoms. The van der Waals surface area contributed by atoms with Crippen molar-refractivity contribution in [1.29, 1.82) is 0 Å². The average molecular weight is 312 g/mol. The molecule has 0 aliphatic carbocycles. The van der Waals surface area contributed by atoms with Crippen LogP contribution in [-0.2, 0) is 6.54 Å². The van der Waals surface area contributed by atoms with Crippen LogP contribution in [0.3, 0.4) is 0 Å². The minimum atomic E-state index is -0.126. The SMILES string of the molecule is Cc1cc(F)ccc1CN1C2CCC1CC(Br)C2. The molecule has 0 saturated carbocycles. The van der Waals surface area contributed by atoms with E-state index in [0.29, 0.717) is 4.83 Å². The summed E-state index contributed by atoms with van der Waals surface area (Å²) < 4.78 is 13.1. The summed E-state index contributed by atoms with van der Waals surface area (Å²) in [5.41, 5.74) is 2.36. The number of fused-ring (bicyclic) bond motifs is 2. The van der Waals surface area contributed by atoms with E-state index < -0.39 is 0 Å². The topological polar surface area (TPSA) is 3.24 Å². The van der Waals surface area contributed by atoms with Gasteiger partial charge in [-0.05, 0) is 55.9 Å². The Kier molecular flexibility index (Phi) is 3.46. The van der Waals surface area contributed by atoms with Gasteiger partial charge in [0.05, 0.1) is 0 Å². The number of piperidine rings is 1. The fourth-order valence-electron chi connectivity index (χ4n) is 3.50. The molecule has 1 aromatic carbocycles. The van der Waals surface area contributed by atoms with Gasteiger partial charge < -0.3 is 0 Å². The van der Waals surface area contributed by atoms with Gasteiger partial charge >= 0.3 is 0 Å². The molecule has 2 bridgehead atoms. The van der Waals surface area contributed by atoms with Gasteiger partial charge in [-0.25, -0.2) is 4.39 Å². The van der Waals surface area contributed by atoms with E-state index in [1.807, 2.05) is 13.0 Å². The van der Waals surface area contributed by atoms with Gasteiger partial charge in [0.2, 0.25) is 0 Å². The van der Waals surface area contributed by atoms with Crippen LogP contribution in [0.2, 0.25) is 0 Å². The van der Waals surface area contributed by atoms with Crippen molar-refractivity contribution in [2.75, 3.05) is 0 Å². The van der Waals surface area contributed by atoms with Crippen LogP contribution in [0.15, 0.2) is 18.2 Å². The Labute approximate surface area is 116 Å². The van der Waals surface area contributed by atoms with Crippen LogP contribution in [0.1, 0.15) is 36.8 Å². The standard InChI is InChI=1S/C15H19BrFN/c1-10-6-13(17)3-2-11(10)9-18-14-4-5-15(18)8-12(16)7-14/h2-3,6,12,14-15H,4-5,7-9H2,1H3. The van der Waals surface area contributed by atoms with Crippen LogP contribution in [0.5, 0.6) is 0 Å². The van der Waals surface area contributed by atoms with Crippen LogP contribution in [0, 0.1) is 12.7 Å². The van der Waals surface area contributed by atoms with E-state index in [4.69, 9.17) is 0 Å². The number of nitrogens with zero attached hydrogens (tertiary/aromatic N) is 1. The van der Waals surface area contributed by atoms with Crippen LogP contribution in [0.4, 0.5) is 4.39 Å². The maximum Gasteiger partial charge on any atom is 0.123 e. The molecule has 2 heterocycles. The second kappa shape index (κ2) is 4.93. The zero-order chi connectivity index (χ0) is 12.7. The van der Waals surface area contributed by atoms with E-state index in [2.05, 4.69) is 20.8 Å². The summed E-state index contributed by atoms with van der Waals surface area (Å²) in [7, 11) is 0. The number of benzene rings is 1. The van der Waals surface area contributed by atoms with Gasteiger partial charge in [0.15, 0.2) is 0 Å². The predicted octanol–water partition coefficient (Wildman–Crippen LogP) is 4.02. The van der Waals surface area contributed by atoms with Crippen molar-refractivity contribution in [2.24, 2.45) is 0 Å². The molecule has 2 aliphatic rings. The largest absolute Gasteiger partial charge is 0.293 e. The number of hydrogen-bond acceptors (Lipinski definition) is 1. The van der Waals surface area contributed by atoms with Gasteiger partial charge in [0.1, 0.15) is 5.82 Å². The van der Waals surface area contributed by atoms with E-state index >= 15 is 0 Å². The lowest BCUT2D eigenvalue weighted by Gasteiger charge is -2.37. The number of hydrogen-bond donors (Lipinski definition) is 0. The fraction of sp³-hybridized carbons (Fsp3) is 0.600. The van der Waals surface area contributed by atoms with Crippen molar-refractivity contribution < 1.29 is 4.39 Å². The highest BCUT2D eigenvalue weighted by atomic mass is 79.9. The summed E-state index contributed by atoms with van der Waals surface area (Å²) in [6.45, 7) is 3.00. The number of aryl methyl sites for hydroxylation is 1. The van der Waals surface area contributed by atoms with Crippen molar-refractivity contribution >= 4 is 15.9 Å². The molecule has 2 saturated heterocycles. The van der Waals surface area contributed by atoms with Crippen LogP contribution in [0.25, 0.3) is 0 Å². The van der Waals surface area contributed by atoms with Gasteiger partial charge in [0, 0.05) is 23.5 Å². The van der Waals surface area contributed by atoms with Crippen molar-refractivity contribution in [2.45, 2.75) is 56.1 Å². The number of alkyl halides is 1. The third-order valence-electron chi connectivity index (χ3n) is 4.48. The molecule has 2 fully saturated rings. The van der Waals surface area contributed by atoms with Crippen LogP contribution >= 0.6 is 15.9 Å². The van der Waals surface area contributed by atoms with E-state index in [0.717, 1.165) is 24.2 Å². The highest BCUT2D eigenvalue weighted by Gasteiger charge is 2.39. The molecule has 0 radical (unpaired) electrons. The van der Waals surface area contributed by atoms with Crippen molar-refractivity contribution in [1.82, 2.24) is 4.90 Å². The molecule has 0 N–H and O–H groups in total. The van der Waals surface area contributed by atoms with E-state index in [9.17, 15) is 4.39 Å². The normalized spacial score (nSPS) is 31.8. The molecule has 0 aromatic heterocycles. The Morgan fingerprint density at radius 3 is 2.56 bits per heavy atom. The maximum atomic E-state index is 13.1. The van der Waals surface area contributed by atoms with Gasteiger partial charge in [-0.2, -0.15) is 0 Å². The lowest BCUT2D eigenvalue weighted by atomic mass is 10.0. The predicted molar refractivity (Wildman–Crippen MR) is 75.4 cm³/mol. The summed E-state index contributed by atoms with van der Waals surface area (Å²) in [4.78, 5) is 3.33. The van der Waals surface area contributed by atoms with Crippen LogP contribution in [-0.4, -0.2) is 21.8 Å². The lowest BCUT2D eigenvalue weighted by molar-refractivity contribution is 0.136. The quantitative estimate of drug-likeness (QED) is 0.746. The Bertz CT molecular complexity index is 434. The third-order valence-corrected chi connectivity index (χ3v) is 5.23. The molecule has 2 unspecified atom stereocenters. The summed E-state index contributed by atoms with van der Waals surface area (Å²) >= 11 is 3.77. The highest BCUT2D eigenvalue weighted by molar-refractivity contribution is 9.09. The first-order valence-electron chi connectivity index (χ1n) is 6.78. The molecular formula is C15H19BrFN. The number of rotatable bonds is 2. The zero-order valence-corrected chi connectivity index (χ0v) is 12.3. The Morgan fingerprint density at radius 1 is 1.28 bits per heavy atom. The lowest BCUT2D eigenvalue weighted by Crippen LogP contribution is -2.42. The Hall–Kier alpha value is -0.410. The van der Waals surface area contributed by atoms with Gasteiger partial charge in [0.25, 0.3) is 0 Å². The summed E-state index contributed by atoms with van der Waals surface area (Å²) in [6.07, 6.45) is 5.17. The van der Waals surface area contributed by atoms with Crippen molar-refractivity contribution in [3.63, 3.8) is 0 Å². The Morgan fingerprint density at radius 2 is 1.94 bits per heavy atom. The number of halogens is 2. The smallest absolute Gasteiger partial charge is 0.123 e. The molecule has 3 rings (SSSR count). The minimum Gasteiger partial charge on any atom is -0.293 e. The first-order chi connectivity index (χ1) is 8.63. The van der Waals surface area contributed by atoms with E-state index in [1.165, 1.54) is 31.2 Å². The molecule has 1 aromatic rings. The zero-order valence-electron chi connectivity index (χ0n) is 10.7. The molecule has 0 amide bonds. The van der Waals surface area contributed by atoms with Gasteiger partial charge in [-0.1, -0.05) is 22.0 Å². The molecule has 1 nitrogen and oxygen atoms in total. The van der Waals surface area contributed by atoms with Crippen LogP contribution < -0.4 is 0 Å². The monoisotopic (exact) mass is 311 g/mol. The first-order valence-corrected chi connectivity index (χ1v) is 7.70. The fourth-order valence-corrected chi connectivity index (χ4v) is 4.36. The average Bonchev–Trinajstić information content (AvgIpc) is 2.56.